The first kappa shape index (κ1) is 28.5. The van der Waals surface area contributed by atoms with Crippen LogP contribution in [0.1, 0.15) is 36.5 Å². The highest BCUT2D eigenvalue weighted by Gasteiger charge is 2.49. The molecule has 0 aliphatic carbocycles. The van der Waals surface area contributed by atoms with Gasteiger partial charge in [0.05, 0.1) is 23.1 Å². The van der Waals surface area contributed by atoms with Crippen molar-refractivity contribution in [1.29, 1.82) is 0 Å². The summed E-state index contributed by atoms with van der Waals surface area (Å²) in [6.07, 6.45) is 8.31. The van der Waals surface area contributed by atoms with Crippen molar-refractivity contribution in [3.8, 4) is 35.4 Å². The van der Waals surface area contributed by atoms with Gasteiger partial charge in [-0.3, -0.25) is 4.90 Å². The number of phenols is 1. The normalized spacial score (nSPS) is 22.2. The maximum Gasteiger partial charge on any atom is 0.317 e. The maximum absolute atomic E-state index is 16.7. The van der Waals surface area contributed by atoms with E-state index in [1.54, 1.807) is 0 Å². The Morgan fingerprint density at radius 3 is 2.87 bits per heavy atom. The van der Waals surface area contributed by atoms with Crippen molar-refractivity contribution in [3.05, 3.63) is 77.5 Å². The van der Waals surface area contributed by atoms with Crippen molar-refractivity contribution >= 4 is 33.2 Å². The van der Waals surface area contributed by atoms with Crippen molar-refractivity contribution in [2.75, 3.05) is 31.6 Å². The van der Waals surface area contributed by atoms with Crippen LogP contribution in [-0.2, 0) is 4.74 Å². The Morgan fingerprint density at radius 1 is 1.17 bits per heavy atom. The van der Waals surface area contributed by atoms with Crippen molar-refractivity contribution in [2.24, 2.45) is 0 Å². The summed E-state index contributed by atoms with van der Waals surface area (Å²) in [6, 6.07) is 12.9. The van der Waals surface area contributed by atoms with Crippen LogP contribution in [0.15, 0.2) is 54.7 Å². The van der Waals surface area contributed by atoms with E-state index in [-0.39, 0.29) is 63.4 Å². The number of fused-ring (bicyclic) bond motifs is 3. The van der Waals surface area contributed by atoms with E-state index in [1.165, 1.54) is 30.5 Å². The number of anilines is 2. The number of nitrogens with one attached hydrogen (secondary N) is 1. The van der Waals surface area contributed by atoms with Gasteiger partial charge in [-0.1, -0.05) is 24.1 Å². The lowest BCUT2D eigenvalue weighted by Crippen LogP contribution is -2.43. The van der Waals surface area contributed by atoms with E-state index in [0.717, 1.165) is 24.9 Å². The van der Waals surface area contributed by atoms with Gasteiger partial charge in [0.25, 0.3) is 0 Å². The molecule has 2 N–H and O–H groups in total. The number of terminal acetylenes is 1. The van der Waals surface area contributed by atoms with Crippen LogP contribution in [0, 0.1) is 24.0 Å². The highest BCUT2D eigenvalue weighted by atomic mass is 19.1. The van der Waals surface area contributed by atoms with Gasteiger partial charge < -0.3 is 19.9 Å². The Bertz CT molecular complexity index is 2080. The molecule has 3 aliphatic rings. The number of benzene rings is 3. The minimum Gasteiger partial charge on any atom is -0.508 e. The Morgan fingerprint density at radius 2 is 2.04 bits per heavy atom. The van der Waals surface area contributed by atoms with E-state index in [2.05, 4.69) is 31.1 Å². The molecule has 0 spiro atoms. The molecule has 5 heterocycles. The molecule has 2 aromatic heterocycles. The number of ether oxygens (including phenoxy) is 2. The lowest BCUT2D eigenvalue weighted by Gasteiger charge is -2.30. The molecule has 0 saturated carbocycles. The number of epoxide rings is 1. The zero-order chi connectivity index (χ0) is 31.6. The summed E-state index contributed by atoms with van der Waals surface area (Å²) >= 11 is 0. The molecule has 232 valence electrons. The zero-order valence-corrected chi connectivity index (χ0v) is 24.6. The number of alkyl halides is 1. The molecule has 3 fully saturated rings. The predicted octanol–water partition coefficient (Wildman–Crippen LogP) is 6.58. The summed E-state index contributed by atoms with van der Waals surface area (Å²) in [5.41, 5.74) is 0.879. The van der Waals surface area contributed by atoms with Gasteiger partial charge in [-0.05, 0) is 60.7 Å². The summed E-state index contributed by atoms with van der Waals surface area (Å²) in [5.74, 6) is 0.903. The van der Waals surface area contributed by atoms with Crippen LogP contribution >= 0.6 is 0 Å². The highest BCUT2D eigenvalue weighted by Crippen LogP contribution is 2.42. The van der Waals surface area contributed by atoms with Gasteiger partial charge in [-0.15, -0.1) is 6.42 Å². The second kappa shape index (κ2) is 10.9. The number of aromatic hydroxyl groups is 1. The van der Waals surface area contributed by atoms with Gasteiger partial charge in [-0.2, -0.15) is 4.98 Å². The van der Waals surface area contributed by atoms with E-state index >= 15 is 4.39 Å². The minimum atomic E-state index is -0.930. The van der Waals surface area contributed by atoms with Crippen molar-refractivity contribution in [2.45, 2.75) is 37.1 Å². The van der Waals surface area contributed by atoms with Crippen LogP contribution in [0.4, 0.5) is 24.7 Å². The summed E-state index contributed by atoms with van der Waals surface area (Å²) in [6.45, 7) is 1.97. The topological polar surface area (TPSA) is 95.9 Å². The van der Waals surface area contributed by atoms with E-state index in [9.17, 15) is 13.9 Å². The lowest BCUT2D eigenvalue weighted by atomic mass is 9.95. The number of halogens is 3. The molecule has 46 heavy (non-hydrogen) atoms. The molecule has 3 aliphatic heterocycles. The molecule has 0 amide bonds. The summed E-state index contributed by atoms with van der Waals surface area (Å²) in [7, 11) is 0. The molecule has 1 unspecified atom stereocenters. The molecule has 0 bridgehead atoms. The Labute approximate surface area is 262 Å². The average molecular weight is 624 g/mol. The van der Waals surface area contributed by atoms with Gasteiger partial charge in [0, 0.05) is 35.8 Å². The predicted molar refractivity (Wildman–Crippen MR) is 167 cm³/mol. The minimum absolute atomic E-state index is 0.0109. The van der Waals surface area contributed by atoms with E-state index in [1.807, 2.05) is 24.3 Å². The monoisotopic (exact) mass is 623 g/mol. The van der Waals surface area contributed by atoms with Crippen molar-refractivity contribution in [1.82, 2.24) is 19.9 Å². The van der Waals surface area contributed by atoms with Crippen molar-refractivity contribution in [3.63, 3.8) is 0 Å². The number of aromatic nitrogens is 3. The van der Waals surface area contributed by atoms with Crippen LogP contribution in [-0.4, -0.2) is 63.0 Å². The van der Waals surface area contributed by atoms with Crippen LogP contribution < -0.4 is 10.1 Å². The standard InChI is InChI=1S/C35H28F3N5O3/c1-2-24-27(37)8-7-20-12-23(44)13-25(29(20)24)31-30(38)32-26(33(41-31)40-22-6-3-5-19(11-22)28-17-45-28)15-39-34(42-32)46-18-35-9-4-10-43(35)16-21(36)14-35/h1,3,5-8,11-13,15,21,28,44H,4,9-10,14,16-18H2,(H,40,41)/t21-,28?,35+/m1/s1. The van der Waals surface area contributed by atoms with Crippen LogP contribution in [0.2, 0.25) is 0 Å². The Hall–Kier alpha value is -4.92. The quantitative estimate of drug-likeness (QED) is 0.155. The molecule has 5 aromatic rings. The second-order valence-corrected chi connectivity index (χ2v) is 12.1. The third-order valence-electron chi connectivity index (χ3n) is 9.20. The van der Waals surface area contributed by atoms with E-state index < -0.39 is 23.3 Å². The summed E-state index contributed by atoms with van der Waals surface area (Å²) in [4.78, 5) is 15.6. The third kappa shape index (κ3) is 4.85. The fourth-order valence-corrected chi connectivity index (χ4v) is 6.98. The van der Waals surface area contributed by atoms with Crippen molar-refractivity contribution < 1.29 is 27.8 Å². The Kier molecular flexibility index (Phi) is 6.74. The third-order valence-corrected chi connectivity index (χ3v) is 9.20. The fraction of sp³-hybridized carbons (Fsp3) is 0.286. The van der Waals surface area contributed by atoms with Crippen LogP contribution in [0.5, 0.6) is 11.8 Å². The molecule has 3 saturated heterocycles. The van der Waals surface area contributed by atoms with E-state index in [0.29, 0.717) is 30.6 Å². The number of rotatable bonds is 7. The molecule has 3 atom stereocenters. The SMILES string of the molecule is C#Cc1c(F)ccc2cc(O)cc(-c3nc(Nc4cccc(C5CO5)c4)c4cnc(OC[C@@]56CCCN5C[C@H](F)C6)nc4c3F)c12. The number of phenolic OH excluding ortho intramolecular Hbond substituents is 1. The molecule has 11 heteroatoms. The average Bonchev–Trinajstić information content (AvgIpc) is 3.76. The van der Waals surface area contributed by atoms with Gasteiger partial charge >= 0.3 is 6.01 Å². The molecule has 8 rings (SSSR count). The van der Waals surface area contributed by atoms with Gasteiger partial charge in [0.15, 0.2) is 5.82 Å². The number of nitrogens with zero attached hydrogens (tertiary/aromatic N) is 4. The number of pyridine rings is 1. The molecule has 3 aromatic carbocycles. The smallest absolute Gasteiger partial charge is 0.317 e. The number of hydrogen-bond acceptors (Lipinski definition) is 8. The molecule has 0 radical (unpaired) electrons. The first-order valence-electron chi connectivity index (χ1n) is 15.1. The highest BCUT2D eigenvalue weighted by molar-refractivity contribution is 6.03. The molecular formula is C35H28F3N5O3. The van der Waals surface area contributed by atoms with Gasteiger partial charge in [0.1, 0.15) is 47.5 Å². The van der Waals surface area contributed by atoms with E-state index in [4.69, 9.17) is 15.9 Å². The fourth-order valence-electron chi connectivity index (χ4n) is 6.98. The second-order valence-electron chi connectivity index (χ2n) is 12.1. The first-order valence-corrected chi connectivity index (χ1v) is 15.1. The molecular weight excluding hydrogens is 595 g/mol. The molecule has 8 nitrogen and oxygen atoms in total. The van der Waals surface area contributed by atoms with Gasteiger partial charge in [0.2, 0.25) is 0 Å². The zero-order valence-electron chi connectivity index (χ0n) is 24.6. The Balaban J connectivity index is 1.28. The van der Waals surface area contributed by atoms with Crippen LogP contribution in [0.25, 0.3) is 32.9 Å². The lowest BCUT2D eigenvalue weighted by molar-refractivity contribution is 0.107. The largest absolute Gasteiger partial charge is 0.508 e. The van der Waals surface area contributed by atoms with Crippen LogP contribution in [0.3, 0.4) is 0 Å². The van der Waals surface area contributed by atoms with Gasteiger partial charge in [-0.25, -0.2) is 23.1 Å². The maximum atomic E-state index is 16.7. The number of hydrogen-bond donors (Lipinski definition) is 2. The summed E-state index contributed by atoms with van der Waals surface area (Å²) < 4.78 is 57.4. The summed E-state index contributed by atoms with van der Waals surface area (Å²) in [5, 5.41) is 14.8. The first-order chi connectivity index (χ1) is 22.3.